The van der Waals surface area contributed by atoms with Gasteiger partial charge in [0.2, 0.25) is 0 Å². The van der Waals surface area contributed by atoms with Gasteiger partial charge in [0.25, 0.3) is 11.4 Å². The van der Waals surface area contributed by atoms with Crippen LogP contribution < -0.4 is 0 Å². The van der Waals surface area contributed by atoms with Crippen LogP contribution >= 0.6 is 0 Å². The predicted octanol–water partition coefficient (Wildman–Crippen LogP) is 2.55. The second kappa shape index (κ2) is 5.10. The summed E-state index contributed by atoms with van der Waals surface area (Å²) in [6.07, 6.45) is 4.91. The molecule has 7 nitrogen and oxygen atoms in total. The van der Waals surface area contributed by atoms with E-state index in [1.165, 1.54) is 6.26 Å². The van der Waals surface area contributed by atoms with Gasteiger partial charge in [-0.3, -0.25) is 0 Å². The van der Waals surface area contributed by atoms with Crippen LogP contribution in [-0.2, 0) is 0 Å². The van der Waals surface area contributed by atoms with Gasteiger partial charge in [0, 0.05) is 6.42 Å². The SMILES string of the molecule is CC1(C)C(c2ccco2)=[N+]([O-])C2(CCCCC/C2=N\O)N1O. The molecule has 2 N–H and O–H groups in total. The molecule has 1 aromatic heterocycles. The molecule has 1 unspecified atom stereocenters. The van der Waals surface area contributed by atoms with Crippen molar-refractivity contribution in [1.82, 2.24) is 5.06 Å². The van der Waals surface area contributed by atoms with Crippen molar-refractivity contribution in [2.24, 2.45) is 5.16 Å². The van der Waals surface area contributed by atoms with Gasteiger partial charge in [-0.2, -0.15) is 4.74 Å². The van der Waals surface area contributed by atoms with E-state index in [0.717, 1.165) is 29.1 Å². The van der Waals surface area contributed by atoms with Gasteiger partial charge in [-0.1, -0.05) is 11.6 Å². The molecule has 0 aromatic carbocycles. The minimum atomic E-state index is -1.36. The molecular weight excluding hydrogens is 286 g/mol. The quantitative estimate of drug-likeness (QED) is 0.360. The summed E-state index contributed by atoms with van der Waals surface area (Å²) in [5.74, 6) is 0.414. The van der Waals surface area contributed by atoms with Gasteiger partial charge in [-0.25, -0.2) is 0 Å². The summed E-state index contributed by atoms with van der Waals surface area (Å²) in [7, 11) is 0. The van der Waals surface area contributed by atoms with Crippen LogP contribution in [0.1, 0.15) is 51.7 Å². The molecule has 0 amide bonds. The third-order valence-corrected chi connectivity index (χ3v) is 4.77. The fourth-order valence-electron chi connectivity index (χ4n) is 3.66. The minimum Gasteiger partial charge on any atom is -0.622 e. The first kappa shape index (κ1) is 15.1. The maximum absolute atomic E-state index is 13.2. The van der Waals surface area contributed by atoms with Crippen LogP contribution in [0, 0.1) is 5.21 Å². The summed E-state index contributed by atoms with van der Waals surface area (Å²) in [6.45, 7) is 3.51. The second-order valence-electron chi connectivity index (χ2n) is 6.42. The van der Waals surface area contributed by atoms with Crippen LogP contribution in [0.4, 0.5) is 0 Å². The zero-order valence-corrected chi connectivity index (χ0v) is 12.8. The summed E-state index contributed by atoms with van der Waals surface area (Å²) in [5, 5.41) is 37.8. The molecule has 1 aliphatic carbocycles. The van der Waals surface area contributed by atoms with Gasteiger partial charge in [-0.15, -0.1) is 5.06 Å². The largest absolute Gasteiger partial charge is 0.622 e. The number of hydroxylamine groups is 3. The van der Waals surface area contributed by atoms with Crippen molar-refractivity contribution < 1.29 is 19.6 Å². The monoisotopic (exact) mass is 307 g/mol. The number of oxime groups is 1. The molecule has 1 fully saturated rings. The topological polar surface area (TPSA) is 95.3 Å². The molecule has 2 heterocycles. The van der Waals surface area contributed by atoms with Crippen molar-refractivity contribution in [3.8, 4) is 0 Å². The van der Waals surface area contributed by atoms with Gasteiger partial charge < -0.3 is 20.0 Å². The predicted molar refractivity (Wildman–Crippen MR) is 79.2 cm³/mol. The molecule has 0 radical (unpaired) electrons. The van der Waals surface area contributed by atoms with Crippen molar-refractivity contribution in [2.45, 2.75) is 57.2 Å². The summed E-state index contributed by atoms with van der Waals surface area (Å²) in [6, 6.07) is 3.40. The third-order valence-electron chi connectivity index (χ3n) is 4.77. The summed E-state index contributed by atoms with van der Waals surface area (Å²) in [5.41, 5.74) is -1.68. The Hall–Kier alpha value is -1.86. The Morgan fingerprint density at radius 2 is 2.14 bits per heavy atom. The van der Waals surface area contributed by atoms with Crippen LogP contribution in [0.5, 0.6) is 0 Å². The summed E-state index contributed by atoms with van der Waals surface area (Å²) >= 11 is 0. The van der Waals surface area contributed by atoms with Gasteiger partial charge in [-0.05, 0) is 45.2 Å². The van der Waals surface area contributed by atoms with Gasteiger partial charge in [0.1, 0.15) is 11.3 Å². The van der Waals surface area contributed by atoms with Crippen LogP contribution in [0.3, 0.4) is 0 Å². The Labute approximate surface area is 128 Å². The Balaban J connectivity index is 2.23. The Morgan fingerprint density at radius 3 is 2.77 bits per heavy atom. The Morgan fingerprint density at radius 1 is 1.36 bits per heavy atom. The first-order valence-corrected chi connectivity index (χ1v) is 7.55. The molecule has 3 rings (SSSR count). The van der Waals surface area contributed by atoms with E-state index in [9.17, 15) is 15.6 Å². The van der Waals surface area contributed by atoms with Crippen molar-refractivity contribution in [3.63, 3.8) is 0 Å². The Bertz CT molecular complexity index is 621. The van der Waals surface area contributed by atoms with E-state index in [1.807, 2.05) is 0 Å². The van der Waals surface area contributed by atoms with Crippen LogP contribution in [0.25, 0.3) is 0 Å². The lowest BCUT2D eigenvalue weighted by molar-refractivity contribution is -0.567. The van der Waals surface area contributed by atoms with Gasteiger partial charge in [0.15, 0.2) is 5.76 Å². The average molecular weight is 307 g/mol. The highest BCUT2D eigenvalue weighted by Gasteiger charge is 2.65. The van der Waals surface area contributed by atoms with E-state index in [1.54, 1.807) is 26.0 Å². The van der Waals surface area contributed by atoms with Crippen molar-refractivity contribution in [1.29, 1.82) is 0 Å². The fourth-order valence-corrected chi connectivity index (χ4v) is 3.66. The molecule has 1 atom stereocenters. The van der Waals surface area contributed by atoms with Gasteiger partial charge in [0.05, 0.1) is 6.26 Å². The molecule has 2 aliphatic rings. The number of hydrogen-bond donors (Lipinski definition) is 2. The molecule has 22 heavy (non-hydrogen) atoms. The van der Waals surface area contributed by atoms with Gasteiger partial charge >= 0.3 is 0 Å². The lowest BCUT2D eigenvalue weighted by atomic mass is 9.94. The normalized spacial score (nSPS) is 31.1. The van der Waals surface area contributed by atoms with E-state index in [-0.39, 0.29) is 0 Å². The molecule has 7 heteroatoms. The molecule has 1 saturated carbocycles. The molecule has 0 saturated heterocycles. The zero-order chi connectivity index (χ0) is 16.0. The van der Waals surface area contributed by atoms with E-state index in [0.29, 0.717) is 30.0 Å². The van der Waals surface area contributed by atoms with E-state index < -0.39 is 11.2 Å². The lowest BCUT2D eigenvalue weighted by Crippen LogP contribution is -2.59. The van der Waals surface area contributed by atoms with Crippen molar-refractivity contribution >= 4 is 11.4 Å². The molecule has 0 bridgehead atoms. The highest BCUT2D eigenvalue weighted by molar-refractivity contribution is 6.05. The van der Waals surface area contributed by atoms with Crippen LogP contribution in [0.2, 0.25) is 0 Å². The average Bonchev–Trinajstić information content (AvgIpc) is 2.96. The highest BCUT2D eigenvalue weighted by atomic mass is 16.6. The number of furan rings is 1. The zero-order valence-electron chi connectivity index (χ0n) is 12.8. The number of rotatable bonds is 1. The van der Waals surface area contributed by atoms with E-state index >= 15 is 0 Å². The van der Waals surface area contributed by atoms with Crippen molar-refractivity contribution in [3.05, 3.63) is 29.4 Å². The number of nitrogens with zero attached hydrogens (tertiary/aromatic N) is 3. The number of hydrogen-bond acceptors (Lipinski definition) is 6. The third kappa shape index (κ3) is 1.82. The minimum absolute atomic E-state index is 0.303. The fraction of sp³-hybridized carbons (Fsp3) is 0.600. The van der Waals surface area contributed by atoms with Crippen molar-refractivity contribution in [2.75, 3.05) is 0 Å². The van der Waals surface area contributed by atoms with E-state index in [2.05, 4.69) is 5.16 Å². The van der Waals surface area contributed by atoms with Crippen LogP contribution in [0.15, 0.2) is 28.0 Å². The molecule has 1 aliphatic heterocycles. The molecule has 120 valence electrons. The standard InChI is InChI=1S/C15H21N3O4/c1-14(2)13(11-7-6-10-22-11)17(20)15(18(14)21)9-5-3-4-8-12(15)16-19/h6-7,10,19,21H,3-5,8-9H2,1-2H3/b16-12+. The maximum atomic E-state index is 13.2. The molecule has 1 spiro atoms. The summed E-state index contributed by atoms with van der Waals surface area (Å²) in [4.78, 5) is 0. The van der Waals surface area contributed by atoms with E-state index in [4.69, 9.17) is 4.42 Å². The molecular formula is C15H21N3O4. The molecule has 1 aromatic rings. The van der Waals surface area contributed by atoms with Crippen LogP contribution in [-0.4, -0.2) is 42.8 Å². The second-order valence-corrected chi connectivity index (χ2v) is 6.42. The first-order chi connectivity index (χ1) is 10.5. The Kier molecular flexibility index (Phi) is 3.49. The smallest absolute Gasteiger partial charge is 0.294 e. The summed E-state index contributed by atoms with van der Waals surface area (Å²) < 4.78 is 6.16. The maximum Gasteiger partial charge on any atom is 0.294 e. The first-order valence-electron chi connectivity index (χ1n) is 7.55. The lowest BCUT2D eigenvalue weighted by Gasteiger charge is -2.34. The highest BCUT2D eigenvalue weighted by Crippen LogP contribution is 2.41.